The first-order valence-corrected chi connectivity index (χ1v) is 5.29. The molecule has 0 radical (unpaired) electrons. The van der Waals surface area contributed by atoms with Crippen molar-refractivity contribution in [2.24, 2.45) is 0 Å². The Bertz CT molecular complexity index is 49.2. The third-order valence-electron chi connectivity index (χ3n) is 1.36. The molecule has 0 rings (SSSR count). The predicted octanol–water partition coefficient (Wildman–Crippen LogP) is 2.13. The summed E-state index contributed by atoms with van der Waals surface area (Å²) in [5.74, 6) is 2.67. The van der Waals surface area contributed by atoms with E-state index in [1.54, 1.807) is 0 Å². The molecule has 0 fully saturated rings. The lowest BCUT2D eigenvalue weighted by atomic mass is 10.4. The van der Waals surface area contributed by atoms with Crippen molar-refractivity contribution in [2.45, 2.75) is 26.2 Å². The van der Waals surface area contributed by atoms with Gasteiger partial charge in [-0.3, -0.25) is 0 Å². The van der Waals surface area contributed by atoms with E-state index in [-0.39, 0.29) is 0 Å². The molecule has 0 aliphatic heterocycles. The van der Waals surface area contributed by atoms with Gasteiger partial charge < -0.3 is 5.32 Å². The van der Waals surface area contributed by atoms with Crippen molar-refractivity contribution in [1.29, 1.82) is 0 Å². The number of rotatable bonds is 7. The van der Waals surface area contributed by atoms with E-state index in [2.05, 4.69) is 24.0 Å². The Morgan fingerprint density at radius 3 is 2.50 bits per heavy atom. The lowest BCUT2D eigenvalue weighted by Gasteiger charge is -1.98. The van der Waals surface area contributed by atoms with Crippen molar-refractivity contribution in [2.75, 3.05) is 25.1 Å². The minimum Gasteiger partial charge on any atom is -0.320 e. The van der Waals surface area contributed by atoms with Crippen molar-refractivity contribution in [3.63, 3.8) is 0 Å². The van der Waals surface area contributed by atoms with E-state index in [0.29, 0.717) is 0 Å². The van der Waals surface area contributed by atoms with E-state index in [9.17, 15) is 0 Å². The summed E-state index contributed by atoms with van der Waals surface area (Å²) in [4.78, 5) is 0. The first kappa shape index (κ1) is 10.3. The van der Waals surface area contributed by atoms with Gasteiger partial charge in [0.05, 0.1) is 0 Å². The molecule has 0 heterocycles. The largest absolute Gasteiger partial charge is 0.320 e. The fraction of sp³-hybridized carbons (Fsp3) is 1.00. The zero-order valence-corrected chi connectivity index (χ0v) is 7.97. The standard InChI is InChI=1S/C8H19NS/c1-3-4-7-10-8-5-6-9-2/h9H,3-8H2,1-2H3. The summed E-state index contributed by atoms with van der Waals surface area (Å²) in [6.45, 7) is 3.41. The van der Waals surface area contributed by atoms with E-state index in [1.165, 1.54) is 37.3 Å². The summed E-state index contributed by atoms with van der Waals surface area (Å²) >= 11 is 2.08. The van der Waals surface area contributed by atoms with Crippen LogP contribution in [0.2, 0.25) is 0 Å². The van der Waals surface area contributed by atoms with Crippen LogP contribution >= 0.6 is 11.8 Å². The summed E-state index contributed by atoms with van der Waals surface area (Å²) in [5, 5.41) is 3.15. The van der Waals surface area contributed by atoms with Gasteiger partial charge in [-0.2, -0.15) is 11.8 Å². The molecule has 0 aliphatic carbocycles. The summed E-state index contributed by atoms with van der Waals surface area (Å²) in [6.07, 6.45) is 4.02. The zero-order valence-electron chi connectivity index (χ0n) is 7.15. The molecule has 0 saturated heterocycles. The summed E-state index contributed by atoms with van der Waals surface area (Å²) in [6, 6.07) is 0. The number of thioether (sulfide) groups is 1. The molecular formula is C8H19NS. The van der Waals surface area contributed by atoms with Gasteiger partial charge >= 0.3 is 0 Å². The highest BCUT2D eigenvalue weighted by atomic mass is 32.2. The number of hydrogen-bond acceptors (Lipinski definition) is 2. The molecule has 1 nitrogen and oxygen atoms in total. The molecule has 62 valence electrons. The maximum Gasteiger partial charge on any atom is -0.00441 e. The lowest BCUT2D eigenvalue weighted by Crippen LogP contribution is -2.08. The highest BCUT2D eigenvalue weighted by molar-refractivity contribution is 7.99. The third kappa shape index (κ3) is 8.31. The minimum absolute atomic E-state index is 1.17. The van der Waals surface area contributed by atoms with Crippen LogP contribution in [-0.4, -0.2) is 25.1 Å². The number of nitrogens with one attached hydrogen (secondary N) is 1. The predicted molar refractivity (Wildman–Crippen MR) is 50.8 cm³/mol. The Morgan fingerprint density at radius 1 is 1.20 bits per heavy atom. The van der Waals surface area contributed by atoms with Crippen molar-refractivity contribution in [3.05, 3.63) is 0 Å². The fourth-order valence-corrected chi connectivity index (χ4v) is 1.74. The Labute approximate surface area is 69.0 Å². The quantitative estimate of drug-likeness (QED) is 0.574. The minimum atomic E-state index is 1.17. The van der Waals surface area contributed by atoms with Gasteiger partial charge in [-0.1, -0.05) is 13.3 Å². The van der Waals surface area contributed by atoms with Crippen LogP contribution in [0.25, 0.3) is 0 Å². The molecule has 0 aliphatic rings. The molecule has 1 N–H and O–H groups in total. The van der Waals surface area contributed by atoms with Crippen LogP contribution in [0.4, 0.5) is 0 Å². The molecule has 0 amide bonds. The summed E-state index contributed by atoms with van der Waals surface area (Å²) in [7, 11) is 2.01. The van der Waals surface area contributed by atoms with Crippen LogP contribution in [0.1, 0.15) is 26.2 Å². The van der Waals surface area contributed by atoms with Gasteiger partial charge in [0.1, 0.15) is 0 Å². The summed E-state index contributed by atoms with van der Waals surface area (Å²) < 4.78 is 0. The second-order valence-corrected chi connectivity index (χ2v) is 3.65. The molecule has 10 heavy (non-hydrogen) atoms. The fourth-order valence-electron chi connectivity index (χ4n) is 0.699. The van der Waals surface area contributed by atoms with Crippen LogP contribution in [-0.2, 0) is 0 Å². The van der Waals surface area contributed by atoms with E-state index >= 15 is 0 Å². The van der Waals surface area contributed by atoms with Gasteiger partial charge in [0.15, 0.2) is 0 Å². The molecule has 0 aromatic carbocycles. The van der Waals surface area contributed by atoms with Gasteiger partial charge in [-0.15, -0.1) is 0 Å². The Balaban J connectivity index is 2.65. The molecule has 0 aromatic rings. The Hall–Kier alpha value is 0.310. The second-order valence-electron chi connectivity index (χ2n) is 2.42. The first-order valence-electron chi connectivity index (χ1n) is 4.14. The molecule has 0 aromatic heterocycles. The number of unbranched alkanes of at least 4 members (excludes halogenated alkanes) is 1. The monoisotopic (exact) mass is 161 g/mol. The van der Waals surface area contributed by atoms with Crippen LogP contribution in [0.3, 0.4) is 0 Å². The van der Waals surface area contributed by atoms with Gasteiger partial charge in [0, 0.05) is 0 Å². The smallest absolute Gasteiger partial charge is 0.00441 e. The lowest BCUT2D eigenvalue weighted by molar-refractivity contribution is 0.777. The van der Waals surface area contributed by atoms with Crippen LogP contribution in [0.5, 0.6) is 0 Å². The topological polar surface area (TPSA) is 12.0 Å². The second kappa shape index (κ2) is 9.31. The van der Waals surface area contributed by atoms with Crippen molar-refractivity contribution < 1.29 is 0 Å². The molecule has 0 unspecified atom stereocenters. The van der Waals surface area contributed by atoms with E-state index in [4.69, 9.17) is 0 Å². The normalized spacial score (nSPS) is 10.2. The van der Waals surface area contributed by atoms with E-state index in [1.807, 2.05) is 7.05 Å². The average Bonchev–Trinajstić information content (AvgIpc) is 1.97. The van der Waals surface area contributed by atoms with Crippen molar-refractivity contribution in [3.8, 4) is 0 Å². The Morgan fingerprint density at radius 2 is 1.90 bits per heavy atom. The van der Waals surface area contributed by atoms with Gasteiger partial charge in [0.25, 0.3) is 0 Å². The average molecular weight is 161 g/mol. The molecule has 0 spiro atoms. The van der Waals surface area contributed by atoms with Crippen molar-refractivity contribution in [1.82, 2.24) is 5.32 Å². The van der Waals surface area contributed by atoms with Crippen molar-refractivity contribution >= 4 is 11.8 Å². The highest BCUT2D eigenvalue weighted by Crippen LogP contribution is 2.04. The molecule has 0 atom stereocenters. The van der Waals surface area contributed by atoms with Crippen LogP contribution in [0.15, 0.2) is 0 Å². The summed E-state index contributed by atoms with van der Waals surface area (Å²) in [5.41, 5.74) is 0. The van der Waals surface area contributed by atoms with Gasteiger partial charge in [0.2, 0.25) is 0 Å². The molecule has 2 heteroatoms. The Kier molecular flexibility index (Phi) is 9.60. The molecule has 0 saturated carbocycles. The zero-order chi connectivity index (χ0) is 7.66. The van der Waals surface area contributed by atoms with Crippen LogP contribution < -0.4 is 5.32 Å². The highest BCUT2D eigenvalue weighted by Gasteiger charge is 1.87. The van der Waals surface area contributed by atoms with Gasteiger partial charge in [-0.25, -0.2) is 0 Å². The van der Waals surface area contributed by atoms with Crippen LogP contribution in [0, 0.1) is 0 Å². The van der Waals surface area contributed by atoms with E-state index < -0.39 is 0 Å². The van der Waals surface area contributed by atoms with Gasteiger partial charge in [-0.05, 0) is 37.9 Å². The van der Waals surface area contributed by atoms with E-state index in [0.717, 1.165) is 0 Å². The molecular weight excluding hydrogens is 142 g/mol. The first-order chi connectivity index (χ1) is 4.91. The number of hydrogen-bond donors (Lipinski definition) is 1. The SMILES string of the molecule is CCCCSCCCNC. The molecule has 0 bridgehead atoms. The maximum absolute atomic E-state index is 3.15. The maximum atomic E-state index is 3.15. The third-order valence-corrected chi connectivity index (χ3v) is 2.51.